The van der Waals surface area contributed by atoms with Crippen molar-refractivity contribution < 1.29 is 8.78 Å². The Bertz CT molecular complexity index is 334. The van der Waals surface area contributed by atoms with Crippen LogP contribution in [-0.4, -0.2) is 19.6 Å². The lowest BCUT2D eigenvalue weighted by Crippen LogP contribution is -2.22. The van der Waals surface area contributed by atoms with Crippen molar-refractivity contribution >= 4 is 5.69 Å². The van der Waals surface area contributed by atoms with Gasteiger partial charge in [0.25, 0.3) is 0 Å². The third kappa shape index (κ3) is 2.26. The molecular formula is C11H14F2N2. The van der Waals surface area contributed by atoms with E-state index in [1.165, 1.54) is 12.1 Å². The highest BCUT2D eigenvalue weighted by molar-refractivity contribution is 5.47. The largest absolute Gasteiger partial charge is 0.371 e. The molecule has 0 radical (unpaired) electrons. The summed E-state index contributed by atoms with van der Waals surface area (Å²) in [7, 11) is 0. The third-order valence-electron chi connectivity index (χ3n) is 2.83. The highest BCUT2D eigenvalue weighted by Gasteiger charge is 2.21. The van der Waals surface area contributed by atoms with Gasteiger partial charge >= 0.3 is 0 Å². The number of hydrogen-bond donors (Lipinski definition) is 1. The molecule has 4 heteroatoms. The Morgan fingerprint density at radius 3 is 2.47 bits per heavy atom. The number of anilines is 1. The van der Waals surface area contributed by atoms with Crippen LogP contribution in [0.25, 0.3) is 0 Å². The predicted octanol–water partition coefficient (Wildman–Crippen LogP) is 1.75. The predicted molar refractivity (Wildman–Crippen MR) is 55.7 cm³/mol. The van der Waals surface area contributed by atoms with Crippen LogP contribution in [0.4, 0.5) is 14.5 Å². The Morgan fingerprint density at radius 2 is 1.93 bits per heavy atom. The minimum atomic E-state index is -0.527. The fourth-order valence-corrected chi connectivity index (χ4v) is 1.98. The molecule has 0 aliphatic carbocycles. The average Bonchev–Trinajstić information content (AvgIpc) is 2.64. The minimum Gasteiger partial charge on any atom is -0.371 e. The van der Waals surface area contributed by atoms with Crippen LogP contribution in [0.15, 0.2) is 18.2 Å². The van der Waals surface area contributed by atoms with Crippen LogP contribution in [0.3, 0.4) is 0 Å². The van der Waals surface area contributed by atoms with Gasteiger partial charge in [-0.05, 0) is 31.0 Å². The molecule has 1 saturated heterocycles. The van der Waals surface area contributed by atoms with Crippen molar-refractivity contribution in [2.75, 3.05) is 24.5 Å². The zero-order chi connectivity index (χ0) is 10.8. The minimum absolute atomic E-state index is 0.441. The van der Waals surface area contributed by atoms with Crippen LogP contribution in [-0.2, 0) is 0 Å². The van der Waals surface area contributed by atoms with E-state index in [4.69, 9.17) is 5.73 Å². The molecule has 15 heavy (non-hydrogen) atoms. The lowest BCUT2D eigenvalue weighted by molar-refractivity contribution is 0.581. The molecule has 2 rings (SSSR count). The van der Waals surface area contributed by atoms with Crippen molar-refractivity contribution in [1.82, 2.24) is 0 Å². The average molecular weight is 212 g/mol. The summed E-state index contributed by atoms with van der Waals surface area (Å²) in [5, 5.41) is 0. The molecule has 0 amide bonds. The van der Waals surface area contributed by atoms with Gasteiger partial charge in [0.2, 0.25) is 0 Å². The number of halogens is 2. The van der Waals surface area contributed by atoms with Crippen molar-refractivity contribution in [3.05, 3.63) is 29.8 Å². The first kappa shape index (κ1) is 10.4. The van der Waals surface area contributed by atoms with Crippen molar-refractivity contribution in [3.8, 4) is 0 Å². The molecule has 1 aliphatic rings. The summed E-state index contributed by atoms with van der Waals surface area (Å²) in [5.41, 5.74) is 6.17. The summed E-state index contributed by atoms with van der Waals surface area (Å²) in [4.78, 5) is 1.98. The zero-order valence-electron chi connectivity index (χ0n) is 8.42. The van der Waals surface area contributed by atoms with E-state index in [1.807, 2.05) is 4.90 Å². The van der Waals surface area contributed by atoms with E-state index in [-0.39, 0.29) is 0 Å². The van der Waals surface area contributed by atoms with Gasteiger partial charge in [-0.2, -0.15) is 0 Å². The van der Waals surface area contributed by atoms with Gasteiger partial charge < -0.3 is 10.6 Å². The lowest BCUT2D eigenvalue weighted by atomic mass is 10.1. The number of benzene rings is 1. The quantitative estimate of drug-likeness (QED) is 0.809. The molecule has 1 unspecified atom stereocenters. The molecule has 82 valence electrons. The van der Waals surface area contributed by atoms with Gasteiger partial charge in [0.05, 0.1) is 0 Å². The van der Waals surface area contributed by atoms with Gasteiger partial charge in [0, 0.05) is 24.8 Å². The Morgan fingerprint density at radius 1 is 1.27 bits per heavy atom. The maximum absolute atomic E-state index is 13.0. The van der Waals surface area contributed by atoms with Crippen molar-refractivity contribution in [1.29, 1.82) is 0 Å². The number of hydrogen-bond acceptors (Lipinski definition) is 2. The van der Waals surface area contributed by atoms with Gasteiger partial charge in [0.15, 0.2) is 0 Å². The molecule has 0 spiro atoms. The molecular weight excluding hydrogens is 198 g/mol. The first-order chi connectivity index (χ1) is 7.19. The van der Waals surface area contributed by atoms with Gasteiger partial charge in [-0.15, -0.1) is 0 Å². The Balaban J connectivity index is 2.16. The van der Waals surface area contributed by atoms with E-state index in [1.54, 1.807) is 0 Å². The van der Waals surface area contributed by atoms with E-state index >= 15 is 0 Å². The summed E-state index contributed by atoms with van der Waals surface area (Å²) in [6.45, 7) is 2.25. The standard InChI is InChI=1S/C11H14F2N2/c12-9-3-10(13)5-11(4-9)15-2-1-8(6-14)7-15/h3-5,8H,1-2,6-7,14H2. The summed E-state index contributed by atoms with van der Waals surface area (Å²) < 4.78 is 25.9. The van der Waals surface area contributed by atoms with E-state index in [9.17, 15) is 8.78 Å². The molecule has 0 saturated carbocycles. The second-order valence-corrected chi connectivity index (χ2v) is 3.96. The van der Waals surface area contributed by atoms with Crippen LogP contribution < -0.4 is 10.6 Å². The summed E-state index contributed by atoms with van der Waals surface area (Å²) in [5.74, 6) is -0.612. The highest BCUT2D eigenvalue weighted by atomic mass is 19.1. The van der Waals surface area contributed by atoms with Crippen LogP contribution in [0.2, 0.25) is 0 Å². The molecule has 1 heterocycles. The summed E-state index contributed by atoms with van der Waals surface area (Å²) in [6, 6.07) is 3.62. The van der Waals surface area contributed by atoms with Gasteiger partial charge in [-0.1, -0.05) is 0 Å². The second-order valence-electron chi connectivity index (χ2n) is 3.96. The van der Waals surface area contributed by atoms with Gasteiger partial charge in [0.1, 0.15) is 11.6 Å². The molecule has 1 aliphatic heterocycles. The number of nitrogens with zero attached hydrogens (tertiary/aromatic N) is 1. The third-order valence-corrected chi connectivity index (χ3v) is 2.83. The van der Waals surface area contributed by atoms with Gasteiger partial charge in [-0.3, -0.25) is 0 Å². The first-order valence-electron chi connectivity index (χ1n) is 5.10. The maximum Gasteiger partial charge on any atom is 0.128 e. The molecule has 1 atom stereocenters. The van der Waals surface area contributed by atoms with Crippen LogP contribution in [0.1, 0.15) is 6.42 Å². The van der Waals surface area contributed by atoms with E-state index in [2.05, 4.69) is 0 Å². The lowest BCUT2D eigenvalue weighted by Gasteiger charge is -2.18. The van der Waals surface area contributed by atoms with E-state index in [0.717, 1.165) is 25.6 Å². The molecule has 1 aromatic rings. The molecule has 2 nitrogen and oxygen atoms in total. The molecule has 1 aromatic carbocycles. The normalized spacial score (nSPS) is 21.0. The molecule has 1 fully saturated rings. The fourth-order valence-electron chi connectivity index (χ4n) is 1.98. The molecule has 2 N–H and O–H groups in total. The Hall–Kier alpha value is -1.16. The maximum atomic E-state index is 13.0. The zero-order valence-corrected chi connectivity index (χ0v) is 8.42. The first-order valence-corrected chi connectivity index (χ1v) is 5.10. The van der Waals surface area contributed by atoms with E-state index < -0.39 is 11.6 Å². The summed E-state index contributed by atoms with van der Waals surface area (Å²) in [6.07, 6.45) is 0.995. The molecule has 0 bridgehead atoms. The van der Waals surface area contributed by atoms with Crippen LogP contribution >= 0.6 is 0 Å². The Kier molecular flexibility index (Phi) is 2.86. The summed E-state index contributed by atoms with van der Waals surface area (Å²) >= 11 is 0. The van der Waals surface area contributed by atoms with Crippen LogP contribution in [0, 0.1) is 17.6 Å². The highest BCUT2D eigenvalue weighted by Crippen LogP contribution is 2.24. The van der Waals surface area contributed by atoms with Crippen LogP contribution in [0.5, 0.6) is 0 Å². The molecule has 0 aromatic heterocycles. The monoisotopic (exact) mass is 212 g/mol. The number of rotatable bonds is 2. The SMILES string of the molecule is NCC1CCN(c2cc(F)cc(F)c2)C1. The fraction of sp³-hybridized carbons (Fsp3) is 0.455. The van der Waals surface area contributed by atoms with Crippen molar-refractivity contribution in [3.63, 3.8) is 0 Å². The van der Waals surface area contributed by atoms with Crippen molar-refractivity contribution in [2.45, 2.75) is 6.42 Å². The topological polar surface area (TPSA) is 29.3 Å². The Labute approximate surface area is 87.7 Å². The van der Waals surface area contributed by atoms with E-state index in [0.29, 0.717) is 18.2 Å². The second kappa shape index (κ2) is 4.14. The number of nitrogens with two attached hydrogens (primary N) is 1. The van der Waals surface area contributed by atoms with Crippen molar-refractivity contribution in [2.24, 2.45) is 11.7 Å². The van der Waals surface area contributed by atoms with Gasteiger partial charge in [-0.25, -0.2) is 8.78 Å². The smallest absolute Gasteiger partial charge is 0.128 e.